The minimum atomic E-state index is -0.190. The summed E-state index contributed by atoms with van der Waals surface area (Å²) in [6, 6.07) is 11.2. The normalized spacial score (nSPS) is 10.9. The smallest absolute Gasteiger partial charge is 0.277 e. The second-order valence-electron chi connectivity index (χ2n) is 5.21. The number of nitrogens with zero attached hydrogens (tertiary/aromatic N) is 3. The molecule has 10 heteroatoms. The van der Waals surface area contributed by atoms with E-state index in [1.807, 2.05) is 35.0 Å². The molecule has 136 valence electrons. The van der Waals surface area contributed by atoms with E-state index in [2.05, 4.69) is 20.5 Å². The van der Waals surface area contributed by atoms with Gasteiger partial charge in [-0.3, -0.25) is 4.79 Å². The summed E-state index contributed by atoms with van der Waals surface area (Å²) in [5.41, 5.74) is 1.52. The Morgan fingerprint density at radius 3 is 2.89 bits per heavy atom. The maximum absolute atomic E-state index is 12.1. The van der Waals surface area contributed by atoms with Crippen LogP contribution in [-0.4, -0.2) is 26.8 Å². The lowest BCUT2D eigenvalue weighted by Crippen LogP contribution is -2.13. The van der Waals surface area contributed by atoms with Crippen molar-refractivity contribution in [1.29, 1.82) is 0 Å². The van der Waals surface area contributed by atoms with Gasteiger partial charge in [-0.25, -0.2) is 4.98 Å². The average molecular weight is 435 g/mol. The third-order valence-electron chi connectivity index (χ3n) is 3.36. The van der Waals surface area contributed by atoms with Gasteiger partial charge in [0.05, 0.1) is 26.9 Å². The minimum Gasteiger partial charge on any atom is -0.411 e. The summed E-state index contributed by atoms with van der Waals surface area (Å²) in [6.07, 6.45) is 0. The Labute approximate surface area is 171 Å². The predicted octanol–water partition coefficient (Wildman–Crippen LogP) is 5.31. The van der Waals surface area contributed by atoms with Gasteiger partial charge in [0.2, 0.25) is 11.8 Å². The fraction of sp³-hybridized carbons (Fsp3) is 0.0588. The minimum absolute atomic E-state index is 0.137. The van der Waals surface area contributed by atoms with Gasteiger partial charge in [0.25, 0.3) is 5.22 Å². The zero-order chi connectivity index (χ0) is 18.6. The molecule has 0 saturated heterocycles. The van der Waals surface area contributed by atoms with Crippen LogP contribution in [0.4, 0.5) is 5.13 Å². The molecule has 0 bridgehead atoms. The molecule has 0 fully saturated rings. The number of halogens is 1. The highest BCUT2D eigenvalue weighted by atomic mass is 35.5. The molecule has 0 saturated carbocycles. The maximum atomic E-state index is 12.1. The maximum Gasteiger partial charge on any atom is 0.277 e. The Bertz CT molecular complexity index is 1060. The van der Waals surface area contributed by atoms with Crippen LogP contribution in [0.3, 0.4) is 0 Å². The van der Waals surface area contributed by atoms with Crippen LogP contribution in [0.5, 0.6) is 0 Å². The first kappa shape index (κ1) is 18.2. The van der Waals surface area contributed by atoms with Crippen LogP contribution in [0, 0.1) is 0 Å². The fourth-order valence-electron chi connectivity index (χ4n) is 2.16. The Kier molecular flexibility index (Phi) is 5.53. The molecular formula is C17H11ClN4O2S3. The van der Waals surface area contributed by atoms with Crippen molar-refractivity contribution in [1.82, 2.24) is 15.2 Å². The van der Waals surface area contributed by atoms with Crippen molar-refractivity contribution >= 4 is 57.1 Å². The van der Waals surface area contributed by atoms with Crippen LogP contribution in [0.1, 0.15) is 0 Å². The zero-order valence-corrected chi connectivity index (χ0v) is 16.8. The number of amides is 1. The van der Waals surface area contributed by atoms with Gasteiger partial charge >= 0.3 is 0 Å². The van der Waals surface area contributed by atoms with E-state index in [4.69, 9.17) is 16.0 Å². The summed E-state index contributed by atoms with van der Waals surface area (Å²) in [6.45, 7) is 0. The number of aromatic nitrogens is 3. The number of benzene rings is 1. The summed E-state index contributed by atoms with van der Waals surface area (Å²) in [5.74, 6) is 0.270. The first-order valence-electron chi connectivity index (χ1n) is 7.69. The molecular weight excluding hydrogens is 424 g/mol. The number of rotatable bonds is 6. The molecule has 3 aromatic heterocycles. The van der Waals surface area contributed by atoms with Gasteiger partial charge in [0.1, 0.15) is 0 Å². The Morgan fingerprint density at radius 2 is 2.07 bits per heavy atom. The van der Waals surface area contributed by atoms with E-state index in [1.165, 1.54) is 11.3 Å². The molecule has 0 atom stereocenters. The lowest BCUT2D eigenvalue weighted by Gasteiger charge is -1.99. The van der Waals surface area contributed by atoms with Crippen molar-refractivity contribution in [2.75, 3.05) is 11.1 Å². The van der Waals surface area contributed by atoms with E-state index in [9.17, 15) is 4.79 Å². The highest BCUT2D eigenvalue weighted by Crippen LogP contribution is 2.30. The zero-order valence-electron chi connectivity index (χ0n) is 13.6. The van der Waals surface area contributed by atoms with Gasteiger partial charge in [-0.2, -0.15) is 0 Å². The van der Waals surface area contributed by atoms with Crippen LogP contribution >= 0.6 is 46.0 Å². The fourth-order valence-corrected chi connectivity index (χ4v) is 4.43. The van der Waals surface area contributed by atoms with Crippen LogP contribution in [0.25, 0.3) is 22.0 Å². The second-order valence-corrected chi connectivity index (χ2v) is 8.34. The number of hydrogen-bond acceptors (Lipinski definition) is 8. The highest BCUT2D eigenvalue weighted by Gasteiger charge is 2.14. The largest absolute Gasteiger partial charge is 0.411 e. The van der Waals surface area contributed by atoms with Crippen LogP contribution in [0.15, 0.2) is 56.8 Å². The average Bonchev–Trinajstić information content (AvgIpc) is 3.41. The molecule has 6 nitrogen and oxygen atoms in total. The SMILES string of the molecule is O=C(CSc1nnc(-c2ccccc2Cl)o1)Nc1nc(-c2cccs2)cs1. The topological polar surface area (TPSA) is 80.9 Å². The number of thioether (sulfide) groups is 1. The van der Waals surface area contributed by atoms with E-state index < -0.39 is 0 Å². The number of carbonyl (C=O) groups is 1. The molecule has 1 aromatic carbocycles. The number of carbonyl (C=O) groups excluding carboxylic acids is 1. The summed E-state index contributed by atoms with van der Waals surface area (Å²) in [5, 5.41) is 16.0. The van der Waals surface area contributed by atoms with Crippen LogP contribution in [-0.2, 0) is 4.79 Å². The first-order chi connectivity index (χ1) is 13.2. The van der Waals surface area contributed by atoms with Crippen molar-refractivity contribution in [2.24, 2.45) is 0 Å². The van der Waals surface area contributed by atoms with Crippen molar-refractivity contribution in [3.63, 3.8) is 0 Å². The lowest BCUT2D eigenvalue weighted by atomic mass is 10.2. The monoisotopic (exact) mass is 434 g/mol. The van der Waals surface area contributed by atoms with Gasteiger partial charge in [-0.05, 0) is 23.6 Å². The molecule has 0 unspecified atom stereocenters. The molecule has 0 aliphatic rings. The number of thiazole rings is 1. The Balaban J connectivity index is 1.34. The summed E-state index contributed by atoms with van der Waals surface area (Å²) >= 11 is 10.3. The molecule has 1 N–H and O–H groups in total. The van der Waals surface area contributed by atoms with E-state index in [1.54, 1.807) is 23.5 Å². The quantitative estimate of drug-likeness (QED) is 0.414. The number of thiophene rings is 1. The predicted molar refractivity (Wildman–Crippen MR) is 110 cm³/mol. The number of hydrogen-bond donors (Lipinski definition) is 1. The summed E-state index contributed by atoms with van der Waals surface area (Å²) in [7, 11) is 0. The molecule has 0 radical (unpaired) electrons. The van der Waals surface area contributed by atoms with Crippen molar-refractivity contribution in [3.05, 3.63) is 52.2 Å². The van der Waals surface area contributed by atoms with Gasteiger partial charge in [-0.15, -0.1) is 32.9 Å². The van der Waals surface area contributed by atoms with E-state index >= 15 is 0 Å². The van der Waals surface area contributed by atoms with Gasteiger partial charge in [0, 0.05) is 5.38 Å². The summed E-state index contributed by atoms with van der Waals surface area (Å²) < 4.78 is 5.57. The molecule has 27 heavy (non-hydrogen) atoms. The van der Waals surface area contributed by atoms with Crippen molar-refractivity contribution < 1.29 is 9.21 Å². The standard InChI is InChI=1S/C17H11ClN4O2S3/c18-11-5-2-1-4-10(11)15-21-22-17(24-15)27-9-14(23)20-16-19-12(8-26-16)13-6-3-7-25-13/h1-8H,9H2,(H,19,20,23). The number of nitrogens with one attached hydrogen (secondary N) is 1. The van der Waals surface area contributed by atoms with E-state index in [-0.39, 0.29) is 11.7 Å². The molecule has 0 spiro atoms. The molecule has 4 aromatic rings. The second kappa shape index (κ2) is 8.22. The van der Waals surface area contributed by atoms with Crippen molar-refractivity contribution in [2.45, 2.75) is 5.22 Å². The highest BCUT2D eigenvalue weighted by molar-refractivity contribution is 7.99. The van der Waals surface area contributed by atoms with E-state index in [0.717, 1.165) is 22.3 Å². The van der Waals surface area contributed by atoms with Gasteiger partial charge in [-0.1, -0.05) is 41.6 Å². The third kappa shape index (κ3) is 4.38. The first-order valence-corrected chi connectivity index (χ1v) is 10.8. The van der Waals surface area contributed by atoms with Gasteiger partial charge in [0.15, 0.2) is 5.13 Å². The Morgan fingerprint density at radius 1 is 1.19 bits per heavy atom. The summed E-state index contributed by atoms with van der Waals surface area (Å²) in [4.78, 5) is 17.6. The van der Waals surface area contributed by atoms with Crippen LogP contribution in [0.2, 0.25) is 5.02 Å². The molecule has 0 aliphatic carbocycles. The number of anilines is 1. The third-order valence-corrected chi connectivity index (χ3v) is 6.16. The lowest BCUT2D eigenvalue weighted by molar-refractivity contribution is -0.113. The Hall–Kier alpha value is -2.20. The molecule has 4 rings (SSSR count). The molecule has 0 aliphatic heterocycles. The molecule has 1 amide bonds. The van der Waals surface area contributed by atoms with Crippen LogP contribution < -0.4 is 5.32 Å². The molecule has 3 heterocycles. The van der Waals surface area contributed by atoms with Gasteiger partial charge < -0.3 is 9.73 Å². The van der Waals surface area contributed by atoms with Crippen molar-refractivity contribution in [3.8, 4) is 22.0 Å². The van der Waals surface area contributed by atoms with E-state index in [0.29, 0.717) is 26.8 Å².